The number of likely N-dealkylation sites (tertiary alicyclic amines) is 1. The maximum absolute atomic E-state index is 12.2. The normalized spacial score (nSPS) is 15.5. The van der Waals surface area contributed by atoms with Gasteiger partial charge in [-0.25, -0.2) is 4.79 Å². The van der Waals surface area contributed by atoms with Gasteiger partial charge in [-0.2, -0.15) is 0 Å². The Morgan fingerprint density at radius 1 is 1.32 bits per heavy atom. The van der Waals surface area contributed by atoms with Crippen LogP contribution < -0.4 is 5.32 Å². The third-order valence-electron chi connectivity index (χ3n) is 3.44. The summed E-state index contributed by atoms with van der Waals surface area (Å²) < 4.78 is 5.01. The monoisotopic (exact) mass is 304 g/mol. The van der Waals surface area contributed by atoms with Gasteiger partial charge in [0, 0.05) is 18.7 Å². The molecular formula is C16H20N2O4. The lowest BCUT2D eigenvalue weighted by Crippen LogP contribution is -2.40. The lowest BCUT2D eigenvalue weighted by atomic mass is 10.1. The Morgan fingerprint density at radius 3 is 2.64 bits per heavy atom. The molecule has 0 saturated carbocycles. The van der Waals surface area contributed by atoms with Gasteiger partial charge in [-0.3, -0.25) is 14.5 Å². The summed E-state index contributed by atoms with van der Waals surface area (Å²) in [5, 5.41) is 3.00. The number of hydrogen-bond acceptors (Lipinski definition) is 5. The number of ether oxygens (including phenoxy) is 1. The summed E-state index contributed by atoms with van der Waals surface area (Å²) in [6.07, 6.45) is 0.974. The summed E-state index contributed by atoms with van der Waals surface area (Å²) in [5.74, 6) is -1.01. The van der Waals surface area contributed by atoms with E-state index in [9.17, 15) is 14.4 Å². The molecule has 1 atom stereocenters. The average molecular weight is 304 g/mol. The Labute approximate surface area is 129 Å². The van der Waals surface area contributed by atoms with Crippen LogP contribution in [0.5, 0.6) is 0 Å². The molecule has 0 spiro atoms. The first-order valence-corrected chi connectivity index (χ1v) is 7.43. The Kier molecular flexibility index (Phi) is 5.52. The molecule has 1 aliphatic rings. The van der Waals surface area contributed by atoms with Crippen molar-refractivity contribution in [2.75, 3.05) is 18.5 Å². The molecule has 0 aromatic heterocycles. The predicted octanol–water partition coefficient (Wildman–Crippen LogP) is 1.57. The van der Waals surface area contributed by atoms with Gasteiger partial charge in [0.25, 0.3) is 0 Å². The van der Waals surface area contributed by atoms with Crippen molar-refractivity contribution >= 4 is 23.5 Å². The number of anilines is 1. The molecule has 1 heterocycles. The molecule has 22 heavy (non-hydrogen) atoms. The highest BCUT2D eigenvalue weighted by atomic mass is 16.5. The summed E-state index contributed by atoms with van der Waals surface area (Å²) in [6, 6.07) is 8.32. The third kappa shape index (κ3) is 4.07. The lowest BCUT2D eigenvalue weighted by Gasteiger charge is -2.20. The molecule has 1 N–H and O–H groups in total. The van der Waals surface area contributed by atoms with E-state index in [2.05, 4.69) is 5.32 Å². The molecule has 0 unspecified atom stereocenters. The van der Waals surface area contributed by atoms with Gasteiger partial charge in [0.05, 0.1) is 13.0 Å². The van der Waals surface area contributed by atoms with E-state index in [0.29, 0.717) is 19.4 Å². The molecule has 1 fully saturated rings. The van der Waals surface area contributed by atoms with Crippen LogP contribution in [0.1, 0.15) is 26.2 Å². The van der Waals surface area contributed by atoms with Crippen molar-refractivity contribution in [1.82, 2.24) is 4.90 Å². The van der Waals surface area contributed by atoms with Crippen molar-refractivity contribution < 1.29 is 19.1 Å². The molecule has 1 aromatic rings. The van der Waals surface area contributed by atoms with Gasteiger partial charge in [0.2, 0.25) is 11.8 Å². The first-order valence-electron chi connectivity index (χ1n) is 7.43. The van der Waals surface area contributed by atoms with E-state index < -0.39 is 12.0 Å². The fraction of sp³-hybridized carbons (Fsp3) is 0.438. The minimum Gasteiger partial charge on any atom is -0.464 e. The van der Waals surface area contributed by atoms with Crippen LogP contribution in [-0.4, -0.2) is 41.9 Å². The zero-order chi connectivity index (χ0) is 15.9. The second kappa shape index (κ2) is 7.59. The largest absolute Gasteiger partial charge is 0.464 e. The van der Waals surface area contributed by atoms with E-state index in [1.807, 2.05) is 18.2 Å². The molecule has 6 heteroatoms. The maximum atomic E-state index is 12.2. The molecular weight excluding hydrogens is 284 g/mol. The van der Waals surface area contributed by atoms with Crippen molar-refractivity contribution in [3.63, 3.8) is 0 Å². The van der Waals surface area contributed by atoms with Crippen LogP contribution in [0.25, 0.3) is 0 Å². The Balaban J connectivity index is 2.05. The fourth-order valence-corrected chi connectivity index (χ4v) is 2.37. The number of amides is 2. The van der Waals surface area contributed by atoms with E-state index in [1.54, 1.807) is 19.1 Å². The predicted molar refractivity (Wildman–Crippen MR) is 81.1 cm³/mol. The lowest BCUT2D eigenvalue weighted by molar-refractivity contribution is -0.149. The molecule has 2 rings (SSSR count). The zero-order valence-corrected chi connectivity index (χ0v) is 12.6. The summed E-state index contributed by atoms with van der Waals surface area (Å²) >= 11 is 0. The van der Waals surface area contributed by atoms with Crippen LogP contribution in [0, 0.1) is 0 Å². The van der Waals surface area contributed by atoms with Crippen LogP contribution in [-0.2, 0) is 19.1 Å². The topological polar surface area (TPSA) is 75.7 Å². The SMILES string of the molecule is CCOC(=O)[C@@H](CC(=O)N1CCCC1=O)Nc1ccccc1. The number of esters is 1. The van der Waals surface area contributed by atoms with E-state index in [4.69, 9.17) is 4.74 Å². The first kappa shape index (κ1) is 16.0. The maximum Gasteiger partial charge on any atom is 0.329 e. The summed E-state index contributed by atoms with van der Waals surface area (Å²) in [6.45, 7) is 2.38. The minimum atomic E-state index is -0.803. The number of rotatable bonds is 6. The van der Waals surface area contributed by atoms with Crippen LogP contribution >= 0.6 is 0 Å². The smallest absolute Gasteiger partial charge is 0.329 e. The quantitative estimate of drug-likeness (QED) is 0.807. The van der Waals surface area contributed by atoms with Crippen molar-refractivity contribution in [2.45, 2.75) is 32.2 Å². The number of carbonyl (C=O) groups is 3. The zero-order valence-electron chi connectivity index (χ0n) is 12.6. The fourth-order valence-electron chi connectivity index (χ4n) is 2.37. The summed E-state index contributed by atoms with van der Waals surface area (Å²) in [4.78, 5) is 37.1. The van der Waals surface area contributed by atoms with Gasteiger partial charge in [0.1, 0.15) is 6.04 Å². The van der Waals surface area contributed by atoms with E-state index in [-0.39, 0.29) is 24.8 Å². The molecule has 118 valence electrons. The second-order valence-corrected chi connectivity index (χ2v) is 5.06. The highest BCUT2D eigenvalue weighted by molar-refractivity contribution is 5.98. The van der Waals surface area contributed by atoms with Crippen molar-refractivity contribution in [1.29, 1.82) is 0 Å². The van der Waals surface area contributed by atoms with Crippen LogP contribution in [0.15, 0.2) is 30.3 Å². The van der Waals surface area contributed by atoms with Gasteiger partial charge in [-0.15, -0.1) is 0 Å². The number of imide groups is 1. The number of carbonyl (C=O) groups excluding carboxylic acids is 3. The number of benzene rings is 1. The van der Waals surface area contributed by atoms with Gasteiger partial charge < -0.3 is 10.1 Å². The van der Waals surface area contributed by atoms with Gasteiger partial charge >= 0.3 is 5.97 Å². The van der Waals surface area contributed by atoms with Gasteiger partial charge in [0.15, 0.2) is 0 Å². The van der Waals surface area contributed by atoms with Crippen molar-refractivity contribution in [3.05, 3.63) is 30.3 Å². The second-order valence-electron chi connectivity index (χ2n) is 5.06. The number of para-hydroxylation sites is 1. The van der Waals surface area contributed by atoms with Crippen LogP contribution in [0.2, 0.25) is 0 Å². The Hall–Kier alpha value is -2.37. The number of nitrogens with one attached hydrogen (secondary N) is 1. The molecule has 0 radical (unpaired) electrons. The van der Waals surface area contributed by atoms with E-state index >= 15 is 0 Å². The average Bonchev–Trinajstić information content (AvgIpc) is 2.94. The molecule has 1 aromatic carbocycles. The third-order valence-corrected chi connectivity index (χ3v) is 3.44. The highest BCUT2D eigenvalue weighted by Crippen LogP contribution is 2.15. The molecule has 0 bridgehead atoms. The molecule has 6 nitrogen and oxygen atoms in total. The Morgan fingerprint density at radius 2 is 2.05 bits per heavy atom. The molecule has 1 aliphatic heterocycles. The first-order chi connectivity index (χ1) is 10.6. The van der Waals surface area contributed by atoms with E-state index in [0.717, 1.165) is 5.69 Å². The van der Waals surface area contributed by atoms with Crippen molar-refractivity contribution in [3.8, 4) is 0 Å². The minimum absolute atomic E-state index is 0.0978. The number of hydrogen-bond donors (Lipinski definition) is 1. The van der Waals surface area contributed by atoms with E-state index in [1.165, 1.54) is 4.90 Å². The molecule has 0 aliphatic carbocycles. The van der Waals surface area contributed by atoms with Crippen molar-refractivity contribution in [2.24, 2.45) is 0 Å². The summed E-state index contributed by atoms with van der Waals surface area (Å²) in [5.41, 5.74) is 0.723. The molecule has 2 amide bonds. The van der Waals surface area contributed by atoms with Gasteiger partial charge in [-0.05, 0) is 25.5 Å². The standard InChI is InChI=1S/C16H20N2O4/c1-2-22-16(21)13(17-12-7-4-3-5-8-12)11-15(20)18-10-6-9-14(18)19/h3-5,7-8,13,17H,2,6,9-11H2,1H3/t13-/m1/s1. The van der Waals surface area contributed by atoms with Crippen LogP contribution in [0.4, 0.5) is 5.69 Å². The molecule has 1 saturated heterocycles. The van der Waals surface area contributed by atoms with Gasteiger partial charge in [-0.1, -0.05) is 18.2 Å². The highest BCUT2D eigenvalue weighted by Gasteiger charge is 2.31. The summed E-state index contributed by atoms with van der Waals surface area (Å²) in [7, 11) is 0. The number of nitrogens with zero attached hydrogens (tertiary/aromatic N) is 1. The van der Waals surface area contributed by atoms with Crippen LogP contribution in [0.3, 0.4) is 0 Å². The Bertz CT molecular complexity index is 544.